The van der Waals surface area contributed by atoms with Crippen LogP contribution in [0.5, 0.6) is 5.75 Å². The van der Waals surface area contributed by atoms with Gasteiger partial charge in [0, 0.05) is 36.8 Å². The largest absolute Gasteiger partial charge is 0.497 e. The highest BCUT2D eigenvalue weighted by molar-refractivity contribution is 7.12. The Balaban J connectivity index is 1.47. The van der Waals surface area contributed by atoms with Crippen molar-refractivity contribution in [3.63, 3.8) is 0 Å². The van der Waals surface area contributed by atoms with Crippen molar-refractivity contribution in [1.82, 2.24) is 9.27 Å². The van der Waals surface area contributed by atoms with Crippen molar-refractivity contribution < 1.29 is 18.7 Å². The molecule has 0 spiro atoms. The van der Waals surface area contributed by atoms with E-state index in [4.69, 9.17) is 32.7 Å². The van der Waals surface area contributed by atoms with Crippen LogP contribution in [0.25, 0.3) is 32.8 Å². The molecule has 0 unspecified atom stereocenters. The fourth-order valence-corrected chi connectivity index (χ4v) is 5.62. The van der Waals surface area contributed by atoms with E-state index in [1.807, 2.05) is 45.0 Å². The van der Waals surface area contributed by atoms with Gasteiger partial charge in [0.05, 0.1) is 18.2 Å². The third-order valence-electron chi connectivity index (χ3n) is 6.49. The number of anilines is 1. The average Bonchev–Trinajstić information content (AvgIpc) is 3.17. The summed E-state index contributed by atoms with van der Waals surface area (Å²) in [7, 11) is 3.33. The SMILES string of the molecule is COc1cc(-c2c(Cl)cc3c(Cl)snc3c2F)c2ccc(N3CC(N(C)C(=O)OC(C)(C)C)C3)cc2c1. The quantitative estimate of drug-likeness (QED) is 0.256. The molecule has 1 amide bonds. The van der Waals surface area contributed by atoms with Crippen LogP contribution in [0.3, 0.4) is 0 Å². The summed E-state index contributed by atoms with van der Waals surface area (Å²) in [4.78, 5) is 16.2. The fourth-order valence-electron chi connectivity index (χ4n) is 4.47. The smallest absolute Gasteiger partial charge is 0.410 e. The summed E-state index contributed by atoms with van der Waals surface area (Å²) in [5, 5.41) is 2.45. The summed E-state index contributed by atoms with van der Waals surface area (Å²) >= 11 is 13.8. The molecule has 2 heterocycles. The van der Waals surface area contributed by atoms with Crippen molar-refractivity contribution in [2.24, 2.45) is 0 Å². The normalized spacial score (nSPS) is 14.2. The lowest BCUT2D eigenvalue weighted by molar-refractivity contribution is 0.0197. The summed E-state index contributed by atoms with van der Waals surface area (Å²) in [6.45, 7) is 6.92. The molecule has 6 nitrogen and oxygen atoms in total. The number of aromatic nitrogens is 1. The fraction of sp³-hybridized carbons (Fsp3) is 0.333. The van der Waals surface area contributed by atoms with Crippen molar-refractivity contribution >= 4 is 68.2 Å². The van der Waals surface area contributed by atoms with E-state index in [1.165, 1.54) is 0 Å². The molecule has 1 aromatic heterocycles. The minimum absolute atomic E-state index is 0.0518. The molecule has 1 aliphatic heterocycles. The average molecular weight is 562 g/mol. The molecule has 1 fully saturated rings. The number of fused-ring (bicyclic) bond motifs is 2. The van der Waals surface area contributed by atoms with Gasteiger partial charge in [-0.3, -0.25) is 0 Å². The van der Waals surface area contributed by atoms with Gasteiger partial charge in [0.1, 0.15) is 21.2 Å². The van der Waals surface area contributed by atoms with Crippen molar-refractivity contribution in [3.8, 4) is 16.9 Å². The van der Waals surface area contributed by atoms with E-state index in [9.17, 15) is 4.79 Å². The molecule has 0 atom stereocenters. The lowest BCUT2D eigenvalue weighted by Gasteiger charge is -2.45. The molecule has 0 bridgehead atoms. The number of carbonyl (C=O) groups excluding carboxylic acids is 1. The molecular weight excluding hydrogens is 536 g/mol. The first kappa shape index (κ1) is 25.8. The van der Waals surface area contributed by atoms with Crippen LogP contribution in [-0.4, -0.2) is 54.3 Å². The molecular formula is C27H26Cl2FN3O3S. The Morgan fingerprint density at radius 1 is 1.16 bits per heavy atom. The summed E-state index contributed by atoms with van der Waals surface area (Å²) in [6, 6.07) is 11.4. The molecule has 0 aliphatic carbocycles. The number of benzene rings is 3. The van der Waals surface area contributed by atoms with Gasteiger partial charge in [-0.2, -0.15) is 4.37 Å². The Hall–Kier alpha value is -2.81. The Morgan fingerprint density at radius 2 is 1.89 bits per heavy atom. The van der Waals surface area contributed by atoms with Gasteiger partial charge in [0.15, 0.2) is 5.82 Å². The number of likely N-dealkylation sites (N-methyl/N-ethyl adjacent to an activating group) is 1. The van der Waals surface area contributed by atoms with Crippen molar-refractivity contribution in [2.45, 2.75) is 32.4 Å². The van der Waals surface area contributed by atoms with Gasteiger partial charge in [-0.15, -0.1) is 0 Å². The van der Waals surface area contributed by atoms with Crippen molar-refractivity contribution in [1.29, 1.82) is 0 Å². The summed E-state index contributed by atoms with van der Waals surface area (Å²) in [5.41, 5.74) is 1.52. The second kappa shape index (κ2) is 9.49. The summed E-state index contributed by atoms with van der Waals surface area (Å²) in [5.74, 6) is 0.0673. The summed E-state index contributed by atoms with van der Waals surface area (Å²) in [6.07, 6.45) is -0.331. The number of rotatable bonds is 4. The Morgan fingerprint density at radius 3 is 2.57 bits per heavy atom. The van der Waals surface area contributed by atoms with Gasteiger partial charge in [0.25, 0.3) is 0 Å². The van der Waals surface area contributed by atoms with E-state index in [0.29, 0.717) is 34.1 Å². The summed E-state index contributed by atoms with van der Waals surface area (Å²) < 4.78 is 31.3. The van der Waals surface area contributed by atoms with Crippen LogP contribution in [-0.2, 0) is 4.74 Å². The first-order valence-electron chi connectivity index (χ1n) is 11.7. The number of halogens is 3. The molecule has 5 rings (SSSR count). The van der Waals surface area contributed by atoms with E-state index >= 15 is 4.39 Å². The molecule has 194 valence electrons. The van der Waals surface area contributed by atoms with Gasteiger partial charge < -0.3 is 19.3 Å². The number of hydrogen-bond donors (Lipinski definition) is 0. The number of carbonyl (C=O) groups is 1. The standard InChI is InChI=1S/C27H26Cl2FN3O3S/c1-27(2,3)36-26(34)32(4)16-12-33(13-16)15-6-7-18-14(8-15)9-17(35-5)10-19(18)22-21(28)11-20-24(23(22)30)31-37-25(20)29/h6-11,16H,12-13H2,1-5H3. The lowest BCUT2D eigenvalue weighted by atomic mass is 9.95. The minimum atomic E-state index is -0.539. The monoisotopic (exact) mass is 561 g/mol. The predicted octanol–water partition coefficient (Wildman–Crippen LogP) is 7.63. The van der Waals surface area contributed by atoms with Crippen molar-refractivity contribution in [3.05, 3.63) is 51.6 Å². The zero-order valence-electron chi connectivity index (χ0n) is 21.1. The van der Waals surface area contributed by atoms with Crippen LogP contribution in [0.1, 0.15) is 20.8 Å². The Labute approximate surface area is 228 Å². The van der Waals surface area contributed by atoms with E-state index in [2.05, 4.69) is 9.27 Å². The number of methoxy groups -OCH3 is 1. The van der Waals surface area contributed by atoms with Gasteiger partial charge in [0.2, 0.25) is 0 Å². The molecule has 1 aliphatic rings. The van der Waals surface area contributed by atoms with Crippen LogP contribution in [0, 0.1) is 5.82 Å². The second-order valence-corrected chi connectivity index (χ2v) is 11.9. The molecule has 0 saturated carbocycles. The van der Waals surface area contributed by atoms with E-state index < -0.39 is 11.4 Å². The lowest BCUT2D eigenvalue weighted by Crippen LogP contribution is -2.60. The second-order valence-electron chi connectivity index (χ2n) is 10.1. The number of amides is 1. The highest BCUT2D eigenvalue weighted by Gasteiger charge is 2.34. The topological polar surface area (TPSA) is 54.9 Å². The molecule has 10 heteroatoms. The predicted molar refractivity (Wildman–Crippen MR) is 149 cm³/mol. The van der Waals surface area contributed by atoms with Crippen LogP contribution in [0.2, 0.25) is 9.36 Å². The number of nitrogens with zero attached hydrogens (tertiary/aromatic N) is 3. The molecule has 0 radical (unpaired) electrons. The molecule has 0 N–H and O–H groups in total. The first-order valence-corrected chi connectivity index (χ1v) is 13.3. The maximum absolute atomic E-state index is 15.7. The van der Waals surface area contributed by atoms with Crippen molar-refractivity contribution in [2.75, 3.05) is 32.1 Å². The third kappa shape index (κ3) is 4.78. The van der Waals surface area contributed by atoms with Gasteiger partial charge in [-0.25, -0.2) is 9.18 Å². The van der Waals surface area contributed by atoms with Crippen LogP contribution in [0.4, 0.5) is 14.9 Å². The molecule has 4 aromatic rings. The van der Waals surface area contributed by atoms with Gasteiger partial charge >= 0.3 is 6.09 Å². The van der Waals surface area contributed by atoms with Crippen LogP contribution < -0.4 is 9.64 Å². The maximum atomic E-state index is 15.7. The number of ether oxygens (including phenoxy) is 2. The maximum Gasteiger partial charge on any atom is 0.410 e. The number of hydrogen-bond acceptors (Lipinski definition) is 6. The third-order valence-corrected chi connectivity index (χ3v) is 7.86. The molecule has 3 aromatic carbocycles. The van der Waals surface area contributed by atoms with E-state index in [1.54, 1.807) is 31.2 Å². The van der Waals surface area contributed by atoms with Crippen LogP contribution >= 0.6 is 34.7 Å². The van der Waals surface area contributed by atoms with E-state index in [0.717, 1.165) is 28.0 Å². The highest BCUT2D eigenvalue weighted by atomic mass is 35.5. The van der Waals surface area contributed by atoms with Gasteiger partial charge in [-0.1, -0.05) is 29.3 Å². The Bertz CT molecular complexity index is 1530. The molecule has 37 heavy (non-hydrogen) atoms. The van der Waals surface area contributed by atoms with Gasteiger partial charge in [-0.05, 0) is 79.0 Å². The zero-order chi connectivity index (χ0) is 26.6. The zero-order valence-corrected chi connectivity index (χ0v) is 23.4. The highest BCUT2D eigenvalue weighted by Crippen LogP contribution is 2.43. The van der Waals surface area contributed by atoms with E-state index in [-0.39, 0.29) is 28.2 Å². The molecule has 1 saturated heterocycles. The van der Waals surface area contributed by atoms with Crippen LogP contribution in [0.15, 0.2) is 36.4 Å². The minimum Gasteiger partial charge on any atom is -0.497 e. The Kier molecular flexibility index (Phi) is 6.63. The first-order chi connectivity index (χ1) is 17.5.